The molecule has 21 heavy (non-hydrogen) atoms. The van der Waals surface area contributed by atoms with E-state index in [9.17, 15) is 0 Å². The monoisotopic (exact) mass is 301 g/mol. The highest BCUT2D eigenvalue weighted by molar-refractivity contribution is 6.31. The molecular weight excluding hydrogens is 278 g/mol. The van der Waals surface area contributed by atoms with Crippen molar-refractivity contribution in [2.45, 2.75) is 40.7 Å². The fourth-order valence-electron chi connectivity index (χ4n) is 2.55. The molecule has 0 unspecified atom stereocenters. The van der Waals surface area contributed by atoms with Gasteiger partial charge in [-0.2, -0.15) is 0 Å². The average molecular weight is 302 g/mol. The Hall–Kier alpha value is -1.31. The Kier molecular flexibility index (Phi) is 5.44. The van der Waals surface area contributed by atoms with Crippen LogP contribution in [0.15, 0.2) is 30.3 Å². The van der Waals surface area contributed by atoms with Gasteiger partial charge in [0.1, 0.15) is 0 Å². The molecule has 0 spiro atoms. The Morgan fingerprint density at radius 2 is 1.62 bits per heavy atom. The van der Waals surface area contributed by atoms with Gasteiger partial charge in [-0.25, -0.2) is 0 Å². The second kappa shape index (κ2) is 7.11. The van der Waals surface area contributed by atoms with E-state index in [1.165, 1.54) is 27.8 Å². The number of aryl methyl sites for hydroxylation is 3. The molecule has 0 amide bonds. The lowest BCUT2D eigenvalue weighted by Crippen LogP contribution is -2.13. The van der Waals surface area contributed by atoms with Gasteiger partial charge in [-0.1, -0.05) is 30.7 Å². The molecule has 0 fully saturated rings. The molecule has 0 bridgehead atoms. The van der Waals surface area contributed by atoms with Crippen molar-refractivity contribution in [1.29, 1.82) is 0 Å². The molecule has 0 aliphatic rings. The van der Waals surface area contributed by atoms with Crippen LogP contribution in [0.25, 0.3) is 11.1 Å². The minimum atomic E-state index is 0.842. The summed E-state index contributed by atoms with van der Waals surface area (Å²) in [5.74, 6) is 0. The molecule has 1 N–H and O–H groups in total. The Morgan fingerprint density at radius 3 is 2.33 bits per heavy atom. The molecule has 2 rings (SSSR count). The van der Waals surface area contributed by atoms with Crippen LogP contribution >= 0.6 is 11.6 Å². The van der Waals surface area contributed by atoms with E-state index < -0.39 is 0 Å². The first-order chi connectivity index (χ1) is 10.0. The minimum Gasteiger partial charge on any atom is -0.313 e. The quantitative estimate of drug-likeness (QED) is 0.726. The van der Waals surface area contributed by atoms with E-state index in [-0.39, 0.29) is 0 Å². The van der Waals surface area contributed by atoms with Crippen LogP contribution < -0.4 is 5.32 Å². The van der Waals surface area contributed by atoms with Gasteiger partial charge in [0.15, 0.2) is 0 Å². The number of halogens is 1. The summed E-state index contributed by atoms with van der Waals surface area (Å²) >= 11 is 6.22. The Bertz CT molecular complexity index is 632. The standard InChI is InChI=1S/C19H24ClN/c1-5-8-21-12-16-7-6-13(2)18(11-16)17-9-15(4)19(20)10-14(17)3/h6-7,9-11,21H,5,8,12H2,1-4H3. The zero-order chi connectivity index (χ0) is 15.4. The lowest BCUT2D eigenvalue weighted by Gasteiger charge is -2.14. The Balaban J connectivity index is 2.39. The minimum absolute atomic E-state index is 0.842. The molecule has 0 aliphatic heterocycles. The third-order valence-corrected chi connectivity index (χ3v) is 4.26. The van der Waals surface area contributed by atoms with Crippen LogP contribution in [-0.4, -0.2) is 6.54 Å². The van der Waals surface area contributed by atoms with E-state index in [0.29, 0.717) is 0 Å². The van der Waals surface area contributed by atoms with Gasteiger partial charge in [0.05, 0.1) is 0 Å². The predicted molar refractivity (Wildman–Crippen MR) is 93.1 cm³/mol. The zero-order valence-electron chi connectivity index (χ0n) is 13.4. The van der Waals surface area contributed by atoms with Gasteiger partial charge < -0.3 is 5.32 Å². The zero-order valence-corrected chi connectivity index (χ0v) is 14.1. The smallest absolute Gasteiger partial charge is 0.0438 e. The molecule has 112 valence electrons. The van der Waals surface area contributed by atoms with Crippen molar-refractivity contribution in [3.05, 3.63) is 57.6 Å². The summed E-state index contributed by atoms with van der Waals surface area (Å²) in [7, 11) is 0. The van der Waals surface area contributed by atoms with Crippen molar-refractivity contribution >= 4 is 11.6 Å². The van der Waals surface area contributed by atoms with Gasteiger partial charge in [-0.3, -0.25) is 0 Å². The molecule has 1 nitrogen and oxygen atoms in total. The maximum atomic E-state index is 6.22. The summed E-state index contributed by atoms with van der Waals surface area (Å²) in [5, 5.41) is 4.31. The summed E-state index contributed by atoms with van der Waals surface area (Å²) in [6, 6.07) is 11.0. The lowest BCUT2D eigenvalue weighted by molar-refractivity contribution is 0.675. The second-order valence-electron chi connectivity index (χ2n) is 5.74. The maximum Gasteiger partial charge on any atom is 0.0438 e. The average Bonchev–Trinajstić information content (AvgIpc) is 2.45. The van der Waals surface area contributed by atoms with Crippen LogP contribution in [0.1, 0.15) is 35.6 Å². The first-order valence-corrected chi connectivity index (χ1v) is 7.98. The Morgan fingerprint density at radius 1 is 0.905 bits per heavy atom. The molecule has 2 aromatic rings. The third kappa shape index (κ3) is 3.87. The van der Waals surface area contributed by atoms with Crippen molar-refractivity contribution < 1.29 is 0 Å². The highest BCUT2D eigenvalue weighted by Crippen LogP contribution is 2.31. The van der Waals surface area contributed by atoms with Crippen LogP contribution in [0, 0.1) is 20.8 Å². The van der Waals surface area contributed by atoms with Crippen LogP contribution in [0.3, 0.4) is 0 Å². The molecule has 0 saturated carbocycles. The summed E-state index contributed by atoms with van der Waals surface area (Å²) in [5.41, 5.74) is 7.59. The molecule has 0 aliphatic carbocycles. The van der Waals surface area contributed by atoms with E-state index in [1.54, 1.807) is 0 Å². The van der Waals surface area contributed by atoms with Crippen molar-refractivity contribution in [2.24, 2.45) is 0 Å². The topological polar surface area (TPSA) is 12.0 Å². The molecular formula is C19H24ClN. The first-order valence-electron chi connectivity index (χ1n) is 7.60. The molecule has 2 heteroatoms. The predicted octanol–water partition coefficient (Wildman–Crippen LogP) is 5.43. The fraction of sp³-hybridized carbons (Fsp3) is 0.368. The number of benzene rings is 2. The summed E-state index contributed by atoms with van der Waals surface area (Å²) in [6.07, 6.45) is 1.16. The molecule has 0 saturated heterocycles. The van der Waals surface area contributed by atoms with Crippen LogP contribution in [0.4, 0.5) is 0 Å². The van der Waals surface area contributed by atoms with E-state index in [4.69, 9.17) is 11.6 Å². The molecule has 0 heterocycles. The lowest BCUT2D eigenvalue weighted by atomic mass is 9.93. The number of nitrogens with one attached hydrogen (secondary N) is 1. The van der Waals surface area contributed by atoms with Crippen molar-refractivity contribution in [3.63, 3.8) is 0 Å². The highest BCUT2D eigenvalue weighted by atomic mass is 35.5. The van der Waals surface area contributed by atoms with Crippen molar-refractivity contribution in [2.75, 3.05) is 6.54 Å². The maximum absolute atomic E-state index is 6.22. The molecule has 0 radical (unpaired) electrons. The molecule has 0 atom stereocenters. The normalized spacial score (nSPS) is 10.9. The highest BCUT2D eigenvalue weighted by Gasteiger charge is 2.09. The van der Waals surface area contributed by atoms with Crippen molar-refractivity contribution in [1.82, 2.24) is 5.32 Å². The number of hydrogen-bond donors (Lipinski definition) is 1. The number of hydrogen-bond acceptors (Lipinski definition) is 1. The van der Waals surface area contributed by atoms with Gasteiger partial charge in [0.2, 0.25) is 0 Å². The summed E-state index contributed by atoms with van der Waals surface area (Å²) in [6.45, 7) is 10.5. The van der Waals surface area contributed by atoms with Gasteiger partial charge in [-0.15, -0.1) is 0 Å². The van der Waals surface area contributed by atoms with Gasteiger partial charge in [0.25, 0.3) is 0 Å². The SMILES string of the molecule is CCCNCc1ccc(C)c(-c2cc(C)c(Cl)cc2C)c1. The first kappa shape index (κ1) is 16.1. The van der Waals surface area contributed by atoms with Gasteiger partial charge in [0, 0.05) is 11.6 Å². The largest absolute Gasteiger partial charge is 0.313 e. The van der Waals surface area contributed by atoms with Crippen molar-refractivity contribution in [3.8, 4) is 11.1 Å². The summed E-state index contributed by atoms with van der Waals surface area (Å²) < 4.78 is 0. The second-order valence-corrected chi connectivity index (χ2v) is 6.15. The van der Waals surface area contributed by atoms with E-state index in [1.807, 2.05) is 0 Å². The third-order valence-electron chi connectivity index (χ3n) is 3.85. The van der Waals surface area contributed by atoms with E-state index >= 15 is 0 Å². The Labute approximate surface area is 133 Å². The number of rotatable bonds is 5. The van der Waals surface area contributed by atoms with Crippen LogP contribution in [0.2, 0.25) is 5.02 Å². The fourth-order valence-corrected chi connectivity index (χ4v) is 2.77. The molecule has 0 aromatic heterocycles. The summed E-state index contributed by atoms with van der Waals surface area (Å²) in [4.78, 5) is 0. The van der Waals surface area contributed by atoms with E-state index in [2.05, 4.69) is 63.3 Å². The van der Waals surface area contributed by atoms with Gasteiger partial charge in [-0.05, 0) is 85.3 Å². The van der Waals surface area contributed by atoms with Gasteiger partial charge >= 0.3 is 0 Å². The molecule has 2 aromatic carbocycles. The van der Waals surface area contributed by atoms with E-state index in [0.717, 1.165) is 30.1 Å². The van der Waals surface area contributed by atoms with Crippen LogP contribution in [0.5, 0.6) is 0 Å². The van der Waals surface area contributed by atoms with Crippen LogP contribution in [-0.2, 0) is 6.54 Å².